The van der Waals surface area contributed by atoms with E-state index in [-0.39, 0.29) is 30.2 Å². The first-order valence-electron chi connectivity index (χ1n) is 3.74. The Morgan fingerprint density at radius 2 is 2.19 bits per heavy atom. The number of carbonyl (C=O) groups excluding carboxylic acids is 1. The number of carboxylic acid groups (broad SMARTS) is 1. The van der Waals surface area contributed by atoms with Gasteiger partial charge in [0, 0.05) is 7.05 Å². The van der Waals surface area contributed by atoms with Gasteiger partial charge in [0.2, 0.25) is 0 Å². The molecule has 84 valence electrons. The smallest absolute Gasteiger partial charge is 0.543 e. The molecular weight excluding hydrogens is 224 g/mol. The Morgan fingerprint density at radius 1 is 1.62 bits per heavy atom. The molecule has 1 heterocycles. The van der Waals surface area contributed by atoms with Crippen LogP contribution >= 0.6 is 0 Å². The van der Waals surface area contributed by atoms with Crippen molar-refractivity contribution in [3.8, 4) is 0 Å². The summed E-state index contributed by atoms with van der Waals surface area (Å²) in [7, 11) is 1.28. The number of alkyl halides is 3. The number of carbonyl (C=O) groups is 1. The summed E-state index contributed by atoms with van der Waals surface area (Å²) in [5.74, 6) is -1.51. The second-order valence-corrected chi connectivity index (χ2v) is 2.67. The number of aryl methyl sites for hydroxylation is 1. The molecule has 1 rings (SSSR count). The van der Waals surface area contributed by atoms with Crippen LogP contribution in [-0.2, 0) is 18.4 Å². The van der Waals surface area contributed by atoms with E-state index in [1.165, 1.54) is 7.05 Å². The first-order valence-corrected chi connectivity index (χ1v) is 3.74. The molecule has 0 spiro atoms. The standard InChI is InChI=1S/C7H7F3N2O3.Li/c1-12-5(6(13)14)2-4(11-12)3-15-7(8,9)10;/h2H,3H2,1H3,(H,13,14);/q;+1/p-1. The van der Waals surface area contributed by atoms with E-state index in [4.69, 9.17) is 0 Å². The van der Waals surface area contributed by atoms with Crippen LogP contribution in [0.3, 0.4) is 0 Å². The number of ether oxygens (including phenoxy) is 1. The van der Waals surface area contributed by atoms with E-state index in [0.717, 1.165) is 10.7 Å². The molecular formula is C7H6F3LiN2O3. The minimum atomic E-state index is -4.76. The molecule has 16 heavy (non-hydrogen) atoms. The molecule has 0 fully saturated rings. The van der Waals surface area contributed by atoms with Gasteiger partial charge in [-0.1, -0.05) is 0 Å². The quantitative estimate of drug-likeness (QED) is 0.513. The molecule has 0 aliphatic heterocycles. The maximum absolute atomic E-state index is 11.6. The van der Waals surface area contributed by atoms with Crippen LogP contribution in [0.5, 0.6) is 0 Å². The summed E-state index contributed by atoms with van der Waals surface area (Å²) < 4.78 is 39.2. The van der Waals surface area contributed by atoms with Crippen LogP contribution in [0.2, 0.25) is 0 Å². The fourth-order valence-electron chi connectivity index (χ4n) is 0.944. The van der Waals surface area contributed by atoms with Gasteiger partial charge in [-0.2, -0.15) is 5.10 Å². The first kappa shape index (κ1) is 15.0. The van der Waals surface area contributed by atoms with Gasteiger partial charge in [0.25, 0.3) is 0 Å². The van der Waals surface area contributed by atoms with Crippen molar-refractivity contribution in [3.05, 3.63) is 17.5 Å². The Bertz CT molecular complexity index is 377. The van der Waals surface area contributed by atoms with E-state index < -0.39 is 18.9 Å². The number of halogens is 3. The molecule has 0 aliphatic rings. The number of aromatic carboxylic acids is 1. The number of hydrogen-bond acceptors (Lipinski definition) is 4. The van der Waals surface area contributed by atoms with Gasteiger partial charge in [-0.3, -0.25) is 9.42 Å². The zero-order valence-electron chi connectivity index (χ0n) is 8.54. The van der Waals surface area contributed by atoms with Crippen LogP contribution in [0.4, 0.5) is 13.2 Å². The molecule has 0 aromatic carbocycles. The molecule has 0 radical (unpaired) electrons. The minimum Gasteiger partial charge on any atom is -0.543 e. The third-order valence-corrected chi connectivity index (χ3v) is 1.52. The van der Waals surface area contributed by atoms with Crippen molar-refractivity contribution < 1.29 is 46.7 Å². The van der Waals surface area contributed by atoms with Crippen LogP contribution in [-0.4, -0.2) is 22.1 Å². The predicted molar refractivity (Wildman–Crippen MR) is 38.4 cm³/mol. The molecule has 0 unspecified atom stereocenters. The average Bonchev–Trinajstić information content (AvgIpc) is 2.42. The Hall–Kier alpha value is -0.973. The first-order chi connectivity index (χ1) is 6.79. The summed E-state index contributed by atoms with van der Waals surface area (Å²) in [6.07, 6.45) is -4.76. The van der Waals surface area contributed by atoms with Crippen molar-refractivity contribution in [1.29, 1.82) is 0 Å². The SMILES string of the molecule is Cn1nc(COC(F)(F)F)cc1C(=O)[O-].[Li+]. The number of carboxylic acids is 1. The number of aromatic nitrogens is 2. The third kappa shape index (κ3) is 4.26. The van der Waals surface area contributed by atoms with Gasteiger partial charge >= 0.3 is 25.2 Å². The maximum Gasteiger partial charge on any atom is 1.00 e. The van der Waals surface area contributed by atoms with Crippen molar-refractivity contribution in [2.24, 2.45) is 7.05 Å². The summed E-state index contributed by atoms with van der Waals surface area (Å²) in [6.45, 7) is -0.829. The maximum atomic E-state index is 11.6. The summed E-state index contributed by atoms with van der Waals surface area (Å²) in [6, 6.07) is 0.959. The number of rotatable bonds is 3. The topological polar surface area (TPSA) is 67.2 Å². The van der Waals surface area contributed by atoms with Crippen molar-refractivity contribution in [2.45, 2.75) is 13.0 Å². The molecule has 0 amide bonds. The summed E-state index contributed by atoms with van der Waals surface area (Å²) >= 11 is 0. The van der Waals surface area contributed by atoms with Crippen molar-refractivity contribution in [1.82, 2.24) is 9.78 Å². The molecule has 0 saturated heterocycles. The van der Waals surface area contributed by atoms with Gasteiger partial charge in [-0.15, -0.1) is 13.2 Å². The summed E-state index contributed by atoms with van der Waals surface area (Å²) in [5, 5.41) is 13.9. The molecule has 0 bridgehead atoms. The van der Waals surface area contributed by atoms with Crippen LogP contribution in [0.1, 0.15) is 16.2 Å². The molecule has 0 N–H and O–H groups in total. The zero-order valence-corrected chi connectivity index (χ0v) is 8.54. The zero-order chi connectivity index (χ0) is 11.6. The second-order valence-electron chi connectivity index (χ2n) is 2.67. The minimum absolute atomic E-state index is 0. The second kappa shape index (κ2) is 5.38. The molecule has 5 nitrogen and oxygen atoms in total. The largest absolute Gasteiger partial charge is 1.00 e. The Balaban J connectivity index is 0.00000225. The van der Waals surface area contributed by atoms with E-state index in [1.807, 2.05) is 0 Å². The number of nitrogens with zero attached hydrogens (tertiary/aromatic N) is 2. The van der Waals surface area contributed by atoms with Gasteiger partial charge in [0.05, 0.1) is 17.4 Å². The van der Waals surface area contributed by atoms with Gasteiger partial charge in [0.15, 0.2) is 0 Å². The molecule has 0 saturated carbocycles. The van der Waals surface area contributed by atoms with Gasteiger partial charge < -0.3 is 9.90 Å². The van der Waals surface area contributed by atoms with Crippen LogP contribution in [0.15, 0.2) is 6.07 Å². The summed E-state index contributed by atoms with van der Waals surface area (Å²) in [5.41, 5.74) is -0.440. The fourth-order valence-corrected chi connectivity index (χ4v) is 0.944. The summed E-state index contributed by atoms with van der Waals surface area (Å²) in [4.78, 5) is 10.4. The molecule has 0 aliphatic carbocycles. The average molecular weight is 230 g/mol. The Kier molecular flexibility index (Phi) is 5.06. The molecule has 0 atom stereocenters. The van der Waals surface area contributed by atoms with Crippen molar-refractivity contribution >= 4 is 5.97 Å². The molecule has 1 aromatic rings. The predicted octanol–water partition coefficient (Wildman–Crippen LogP) is -3.18. The fraction of sp³-hybridized carbons (Fsp3) is 0.429. The molecule has 9 heteroatoms. The monoisotopic (exact) mass is 230 g/mol. The van der Waals surface area contributed by atoms with Gasteiger partial charge in [-0.25, -0.2) is 0 Å². The Morgan fingerprint density at radius 3 is 2.56 bits per heavy atom. The van der Waals surface area contributed by atoms with Crippen molar-refractivity contribution in [3.63, 3.8) is 0 Å². The van der Waals surface area contributed by atoms with Gasteiger partial charge in [0.1, 0.15) is 6.61 Å². The normalized spacial score (nSPS) is 11.0. The van der Waals surface area contributed by atoms with E-state index in [1.54, 1.807) is 0 Å². The Labute approximate surface area is 100 Å². The van der Waals surface area contributed by atoms with E-state index >= 15 is 0 Å². The molecule has 1 aromatic heterocycles. The van der Waals surface area contributed by atoms with E-state index in [9.17, 15) is 23.1 Å². The van der Waals surface area contributed by atoms with Crippen LogP contribution < -0.4 is 24.0 Å². The number of hydrogen-bond donors (Lipinski definition) is 0. The third-order valence-electron chi connectivity index (χ3n) is 1.52. The van der Waals surface area contributed by atoms with E-state index in [2.05, 4.69) is 9.84 Å². The van der Waals surface area contributed by atoms with E-state index in [0.29, 0.717) is 0 Å². The van der Waals surface area contributed by atoms with Crippen molar-refractivity contribution in [2.75, 3.05) is 0 Å². The van der Waals surface area contributed by atoms with Gasteiger partial charge in [-0.05, 0) is 6.07 Å². The van der Waals surface area contributed by atoms with Crippen LogP contribution in [0.25, 0.3) is 0 Å². The van der Waals surface area contributed by atoms with Crippen LogP contribution in [0, 0.1) is 0 Å².